The van der Waals surface area contributed by atoms with Gasteiger partial charge < -0.3 is 20.9 Å². The van der Waals surface area contributed by atoms with Gasteiger partial charge in [-0.15, -0.1) is 24.8 Å². The van der Waals surface area contributed by atoms with Crippen molar-refractivity contribution in [3.8, 4) is 34.1 Å². The van der Waals surface area contributed by atoms with Gasteiger partial charge in [-0.05, 0) is 83.9 Å². The topological polar surface area (TPSA) is 70.5 Å². The molecule has 0 atom stereocenters. The maximum atomic E-state index is 5.83. The van der Waals surface area contributed by atoms with Gasteiger partial charge in [-0.25, -0.2) is 0 Å². The van der Waals surface area contributed by atoms with Crippen LogP contribution in [0.25, 0.3) is 11.1 Å². The lowest BCUT2D eigenvalue weighted by molar-refractivity contribution is 0.482. The third-order valence-electron chi connectivity index (χ3n) is 4.27. The van der Waals surface area contributed by atoms with E-state index in [0.717, 1.165) is 34.1 Å². The standard InChI is InChI=1S/C24H20N2O2.2ClH/c25-19-5-13-23(14-6-19)27-21-9-1-17(2-10-21)18-3-11-22(12-4-18)28-24-15-7-20(26)8-16-24;;/h1-16H,25-26H2;2*1H. The van der Waals surface area contributed by atoms with Gasteiger partial charge >= 0.3 is 0 Å². The second-order valence-corrected chi connectivity index (χ2v) is 6.39. The number of anilines is 2. The Bertz CT molecular complexity index is 961. The van der Waals surface area contributed by atoms with Crippen molar-refractivity contribution < 1.29 is 9.47 Å². The Kier molecular flexibility index (Phi) is 7.98. The summed E-state index contributed by atoms with van der Waals surface area (Å²) in [6, 6.07) is 30.6. The van der Waals surface area contributed by atoms with Gasteiger partial charge in [0.1, 0.15) is 23.0 Å². The van der Waals surface area contributed by atoms with Gasteiger partial charge in [0.15, 0.2) is 0 Å². The Morgan fingerprint density at radius 1 is 0.367 bits per heavy atom. The van der Waals surface area contributed by atoms with E-state index in [2.05, 4.69) is 0 Å². The molecule has 0 aliphatic heterocycles. The van der Waals surface area contributed by atoms with E-state index >= 15 is 0 Å². The molecular weight excluding hydrogens is 419 g/mol. The van der Waals surface area contributed by atoms with Crippen LogP contribution in [-0.2, 0) is 0 Å². The van der Waals surface area contributed by atoms with Gasteiger partial charge in [0, 0.05) is 11.4 Å². The fraction of sp³-hybridized carbons (Fsp3) is 0. The molecule has 0 aliphatic carbocycles. The lowest BCUT2D eigenvalue weighted by atomic mass is 10.1. The van der Waals surface area contributed by atoms with Gasteiger partial charge in [0.25, 0.3) is 0 Å². The van der Waals surface area contributed by atoms with E-state index in [-0.39, 0.29) is 24.8 Å². The minimum atomic E-state index is 0. The Balaban J connectivity index is 0.00000160. The number of nitrogen functional groups attached to an aromatic ring is 2. The molecule has 0 spiro atoms. The van der Waals surface area contributed by atoms with E-state index in [0.29, 0.717) is 11.4 Å². The third kappa shape index (κ3) is 5.83. The van der Waals surface area contributed by atoms with Gasteiger partial charge in [0.05, 0.1) is 0 Å². The third-order valence-corrected chi connectivity index (χ3v) is 4.27. The molecule has 0 saturated heterocycles. The summed E-state index contributed by atoms with van der Waals surface area (Å²) >= 11 is 0. The van der Waals surface area contributed by atoms with Gasteiger partial charge in [-0.3, -0.25) is 0 Å². The van der Waals surface area contributed by atoms with Gasteiger partial charge in [-0.2, -0.15) is 0 Å². The molecule has 4 N–H and O–H groups in total. The Labute approximate surface area is 188 Å². The summed E-state index contributed by atoms with van der Waals surface area (Å²) < 4.78 is 11.7. The lowest BCUT2D eigenvalue weighted by Gasteiger charge is -2.09. The summed E-state index contributed by atoms with van der Waals surface area (Å²) in [5, 5.41) is 0. The van der Waals surface area contributed by atoms with Crippen LogP contribution in [0.4, 0.5) is 11.4 Å². The van der Waals surface area contributed by atoms with E-state index in [4.69, 9.17) is 20.9 Å². The zero-order chi connectivity index (χ0) is 19.3. The van der Waals surface area contributed by atoms with Crippen molar-refractivity contribution in [1.82, 2.24) is 0 Å². The number of hydrogen-bond acceptors (Lipinski definition) is 4. The van der Waals surface area contributed by atoms with Crippen LogP contribution in [0.3, 0.4) is 0 Å². The maximum absolute atomic E-state index is 5.83. The highest BCUT2D eigenvalue weighted by Gasteiger charge is 2.02. The van der Waals surface area contributed by atoms with E-state index in [1.165, 1.54) is 0 Å². The van der Waals surface area contributed by atoms with Crippen LogP contribution in [-0.4, -0.2) is 0 Å². The molecular formula is C24H22Cl2N2O2. The Morgan fingerprint density at radius 2 is 0.600 bits per heavy atom. The van der Waals surface area contributed by atoms with Crippen molar-refractivity contribution >= 4 is 36.2 Å². The van der Waals surface area contributed by atoms with Crippen LogP contribution >= 0.6 is 24.8 Å². The second kappa shape index (κ2) is 10.4. The lowest BCUT2D eigenvalue weighted by Crippen LogP contribution is -1.87. The molecule has 4 aromatic carbocycles. The molecule has 4 aromatic rings. The van der Waals surface area contributed by atoms with Crippen molar-refractivity contribution in [3.63, 3.8) is 0 Å². The number of halogens is 2. The van der Waals surface area contributed by atoms with Crippen LogP contribution in [0.15, 0.2) is 97.1 Å². The molecule has 154 valence electrons. The smallest absolute Gasteiger partial charge is 0.127 e. The van der Waals surface area contributed by atoms with Crippen LogP contribution in [0, 0.1) is 0 Å². The fourth-order valence-electron chi connectivity index (χ4n) is 2.77. The average molecular weight is 441 g/mol. The van der Waals surface area contributed by atoms with Gasteiger partial charge in [-0.1, -0.05) is 24.3 Å². The summed E-state index contributed by atoms with van der Waals surface area (Å²) in [5.74, 6) is 3.06. The highest BCUT2D eigenvalue weighted by molar-refractivity contribution is 5.85. The van der Waals surface area contributed by atoms with E-state index in [1.54, 1.807) is 0 Å². The predicted octanol–water partition coefficient (Wildman–Crippen LogP) is 6.95. The molecule has 0 unspecified atom stereocenters. The molecule has 0 bridgehead atoms. The summed E-state index contributed by atoms with van der Waals surface area (Å²) in [7, 11) is 0. The molecule has 30 heavy (non-hydrogen) atoms. The summed E-state index contributed by atoms with van der Waals surface area (Å²) in [6.45, 7) is 0. The number of rotatable bonds is 5. The van der Waals surface area contributed by atoms with Crippen molar-refractivity contribution in [1.29, 1.82) is 0 Å². The summed E-state index contributed by atoms with van der Waals surface area (Å²) in [4.78, 5) is 0. The van der Waals surface area contributed by atoms with Crippen molar-refractivity contribution in [2.45, 2.75) is 0 Å². The molecule has 0 aliphatic rings. The van der Waals surface area contributed by atoms with Crippen molar-refractivity contribution in [3.05, 3.63) is 97.1 Å². The number of hydrogen-bond donors (Lipinski definition) is 2. The second-order valence-electron chi connectivity index (χ2n) is 6.39. The van der Waals surface area contributed by atoms with Crippen LogP contribution in [0.5, 0.6) is 23.0 Å². The highest BCUT2D eigenvalue weighted by Crippen LogP contribution is 2.29. The molecule has 0 aromatic heterocycles. The first-order chi connectivity index (χ1) is 13.7. The van der Waals surface area contributed by atoms with E-state index in [9.17, 15) is 0 Å². The zero-order valence-electron chi connectivity index (χ0n) is 16.0. The van der Waals surface area contributed by atoms with Crippen LogP contribution in [0.1, 0.15) is 0 Å². The normalized spacial score (nSPS) is 9.73. The molecule has 0 fully saturated rings. The van der Waals surface area contributed by atoms with Crippen LogP contribution in [0.2, 0.25) is 0 Å². The minimum absolute atomic E-state index is 0. The van der Waals surface area contributed by atoms with Crippen molar-refractivity contribution in [2.75, 3.05) is 11.5 Å². The zero-order valence-corrected chi connectivity index (χ0v) is 17.7. The number of ether oxygens (including phenoxy) is 2. The van der Waals surface area contributed by atoms with E-state index in [1.807, 2.05) is 97.1 Å². The predicted molar refractivity (Wildman–Crippen MR) is 128 cm³/mol. The highest BCUT2D eigenvalue weighted by atomic mass is 35.5. The molecule has 6 heteroatoms. The molecule has 0 amide bonds. The fourth-order valence-corrected chi connectivity index (χ4v) is 2.77. The summed E-state index contributed by atoms with van der Waals surface area (Å²) in [6.07, 6.45) is 0. The number of nitrogens with two attached hydrogens (primary N) is 2. The molecule has 0 radical (unpaired) electrons. The largest absolute Gasteiger partial charge is 0.457 e. The van der Waals surface area contributed by atoms with E-state index < -0.39 is 0 Å². The first-order valence-electron chi connectivity index (χ1n) is 8.93. The molecule has 0 heterocycles. The molecule has 4 nitrogen and oxygen atoms in total. The quantitative estimate of drug-likeness (QED) is 0.329. The monoisotopic (exact) mass is 440 g/mol. The van der Waals surface area contributed by atoms with Crippen LogP contribution < -0.4 is 20.9 Å². The Hall–Kier alpha value is -3.34. The van der Waals surface area contributed by atoms with Gasteiger partial charge in [0.2, 0.25) is 0 Å². The average Bonchev–Trinajstić information content (AvgIpc) is 2.73. The number of benzene rings is 4. The Morgan fingerprint density at radius 3 is 0.867 bits per heavy atom. The summed E-state index contributed by atoms with van der Waals surface area (Å²) in [5.41, 5.74) is 15.0. The SMILES string of the molecule is Cl.Cl.Nc1ccc(Oc2ccc(-c3ccc(Oc4ccc(N)cc4)cc3)cc2)cc1. The molecule has 4 rings (SSSR count). The maximum Gasteiger partial charge on any atom is 0.127 e. The minimum Gasteiger partial charge on any atom is -0.457 e. The first kappa shape index (κ1) is 22.9. The van der Waals surface area contributed by atoms with Crippen molar-refractivity contribution in [2.24, 2.45) is 0 Å². The first-order valence-corrected chi connectivity index (χ1v) is 8.93. The molecule has 0 saturated carbocycles.